The Balaban J connectivity index is 2.33. The first-order valence-electron chi connectivity index (χ1n) is 6.18. The number of benzene rings is 1. The van der Waals surface area contributed by atoms with Crippen molar-refractivity contribution in [1.29, 1.82) is 0 Å². The number of fused-ring (bicyclic) bond motifs is 1. The third-order valence-electron chi connectivity index (χ3n) is 3.29. The van der Waals surface area contributed by atoms with Crippen LogP contribution >= 0.6 is 11.6 Å². The van der Waals surface area contributed by atoms with Crippen molar-refractivity contribution < 1.29 is 0 Å². The molecule has 3 rings (SSSR count). The zero-order valence-corrected chi connectivity index (χ0v) is 12.1. The molecule has 3 aromatic rings. The molecule has 0 bridgehead atoms. The number of hydrogen-bond donors (Lipinski definition) is 0. The average Bonchev–Trinajstić information content (AvgIpc) is 2.51. The van der Waals surface area contributed by atoms with Gasteiger partial charge in [0.15, 0.2) is 11.2 Å². The summed E-state index contributed by atoms with van der Waals surface area (Å²) < 4.78 is 2.32. The molecule has 106 valence electrons. The molecule has 2 heterocycles. The maximum Gasteiger partial charge on any atom is 0.332 e. The minimum absolute atomic E-state index is 0.159. The van der Waals surface area contributed by atoms with Crippen LogP contribution in [0, 0.1) is 0 Å². The Kier molecular flexibility index (Phi) is 3.10. The second-order valence-corrected chi connectivity index (χ2v) is 5.08. The van der Waals surface area contributed by atoms with Crippen LogP contribution < -0.4 is 11.2 Å². The largest absolute Gasteiger partial charge is 0.332 e. The summed E-state index contributed by atoms with van der Waals surface area (Å²) in [7, 11) is 2.97. The van der Waals surface area contributed by atoms with Crippen molar-refractivity contribution in [3.8, 4) is 11.3 Å². The number of nitrogens with zero attached hydrogens (tertiary/aromatic N) is 4. The van der Waals surface area contributed by atoms with Gasteiger partial charge in [-0.05, 0) is 12.1 Å². The quantitative estimate of drug-likeness (QED) is 0.680. The smallest absolute Gasteiger partial charge is 0.279 e. The lowest BCUT2D eigenvalue weighted by molar-refractivity contribution is 0.704. The first-order chi connectivity index (χ1) is 9.99. The third-order valence-corrected chi connectivity index (χ3v) is 3.54. The lowest BCUT2D eigenvalue weighted by Gasteiger charge is -2.07. The molecule has 7 heteroatoms. The standard InChI is InChI=1S/C14H11ClN4O2/c1-18-12-11(13(20)19(2)14(18)21)17-10(7-16-12)8-3-5-9(15)6-4-8/h3-7H,1-2H3. The third kappa shape index (κ3) is 2.13. The van der Waals surface area contributed by atoms with E-state index in [0.717, 1.165) is 10.1 Å². The maximum atomic E-state index is 12.2. The number of hydrogen-bond acceptors (Lipinski definition) is 4. The second kappa shape index (κ2) is 4.82. The molecule has 0 aliphatic rings. The van der Waals surface area contributed by atoms with Crippen molar-refractivity contribution in [2.45, 2.75) is 0 Å². The summed E-state index contributed by atoms with van der Waals surface area (Å²) >= 11 is 5.85. The molecule has 0 atom stereocenters. The molecule has 0 unspecified atom stereocenters. The molecule has 0 saturated heterocycles. The van der Waals surface area contributed by atoms with Crippen LogP contribution in [0.5, 0.6) is 0 Å². The topological polar surface area (TPSA) is 69.8 Å². The predicted molar refractivity (Wildman–Crippen MR) is 80.5 cm³/mol. The first kappa shape index (κ1) is 13.5. The van der Waals surface area contributed by atoms with Crippen molar-refractivity contribution >= 4 is 22.8 Å². The lowest BCUT2D eigenvalue weighted by Crippen LogP contribution is -2.37. The summed E-state index contributed by atoms with van der Waals surface area (Å²) in [5, 5.41) is 0.616. The highest BCUT2D eigenvalue weighted by Crippen LogP contribution is 2.19. The molecule has 0 aliphatic carbocycles. The number of aromatic nitrogens is 4. The van der Waals surface area contributed by atoms with E-state index in [-0.39, 0.29) is 11.2 Å². The van der Waals surface area contributed by atoms with Gasteiger partial charge in [-0.2, -0.15) is 0 Å². The number of halogens is 1. The summed E-state index contributed by atoms with van der Waals surface area (Å²) in [6, 6.07) is 7.07. The highest BCUT2D eigenvalue weighted by Gasteiger charge is 2.12. The SMILES string of the molecule is Cn1c(=O)c2nc(-c3ccc(Cl)cc3)cnc2n(C)c1=O. The Morgan fingerprint density at radius 1 is 1.05 bits per heavy atom. The van der Waals surface area contributed by atoms with E-state index < -0.39 is 11.2 Å². The fourth-order valence-electron chi connectivity index (χ4n) is 2.09. The summed E-state index contributed by atoms with van der Waals surface area (Å²) in [6.07, 6.45) is 1.53. The maximum absolute atomic E-state index is 12.2. The molecule has 0 radical (unpaired) electrons. The second-order valence-electron chi connectivity index (χ2n) is 4.64. The Labute approximate surface area is 124 Å². The van der Waals surface area contributed by atoms with Crippen LogP contribution in [0.15, 0.2) is 40.1 Å². The van der Waals surface area contributed by atoms with Gasteiger partial charge in [0.25, 0.3) is 5.56 Å². The molecule has 0 fully saturated rings. The minimum Gasteiger partial charge on any atom is -0.279 e. The van der Waals surface area contributed by atoms with Crippen LogP contribution in [-0.2, 0) is 14.1 Å². The fourth-order valence-corrected chi connectivity index (χ4v) is 2.22. The van der Waals surface area contributed by atoms with Crippen molar-refractivity contribution in [3.05, 3.63) is 56.3 Å². The first-order valence-corrected chi connectivity index (χ1v) is 6.55. The van der Waals surface area contributed by atoms with E-state index in [1.165, 1.54) is 17.8 Å². The number of rotatable bonds is 1. The summed E-state index contributed by atoms with van der Waals surface area (Å²) in [5.41, 5.74) is 0.880. The van der Waals surface area contributed by atoms with E-state index >= 15 is 0 Å². The lowest BCUT2D eigenvalue weighted by atomic mass is 10.1. The molecule has 0 spiro atoms. The van der Waals surface area contributed by atoms with E-state index in [9.17, 15) is 9.59 Å². The van der Waals surface area contributed by atoms with E-state index in [0.29, 0.717) is 10.7 Å². The summed E-state index contributed by atoms with van der Waals surface area (Å²) in [5.74, 6) is 0. The van der Waals surface area contributed by atoms with Crippen LogP contribution in [0.1, 0.15) is 0 Å². The van der Waals surface area contributed by atoms with Crippen LogP contribution in [0.25, 0.3) is 22.4 Å². The van der Waals surface area contributed by atoms with Crippen LogP contribution in [0.2, 0.25) is 5.02 Å². The van der Waals surface area contributed by atoms with Gasteiger partial charge in [0, 0.05) is 24.7 Å². The van der Waals surface area contributed by atoms with E-state index in [1.54, 1.807) is 31.3 Å². The van der Waals surface area contributed by atoms with Gasteiger partial charge in [0.05, 0.1) is 11.9 Å². The van der Waals surface area contributed by atoms with Gasteiger partial charge in [-0.3, -0.25) is 13.9 Å². The zero-order chi connectivity index (χ0) is 15.1. The van der Waals surface area contributed by atoms with Gasteiger partial charge in [-0.25, -0.2) is 14.8 Å². The van der Waals surface area contributed by atoms with Gasteiger partial charge in [0.2, 0.25) is 0 Å². The highest BCUT2D eigenvalue weighted by molar-refractivity contribution is 6.30. The molecule has 0 saturated carbocycles. The molecule has 2 aromatic heterocycles. The summed E-state index contributed by atoms with van der Waals surface area (Å²) in [6.45, 7) is 0. The Morgan fingerprint density at radius 3 is 2.38 bits per heavy atom. The summed E-state index contributed by atoms with van der Waals surface area (Å²) in [4.78, 5) is 32.5. The predicted octanol–water partition coefficient (Wildman–Crippen LogP) is 1.35. The zero-order valence-electron chi connectivity index (χ0n) is 11.4. The molecule has 1 aromatic carbocycles. The van der Waals surface area contributed by atoms with Crippen LogP contribution in [0.3, 0.4) is 0 Å². The van der Waals surface area contributed by atoms with Gasteiger partial charge < -0.3 is 0 Å². The molecule has 0 aliphatic heterocycles. The van der Waals surface area contributed by atoms with Crippen molar-refractivity contribution in [3.63, 3.8) is 0 Å². The van der Waals surface area contributed by atoms with Crippen molar-refractivity contribution in [2.24, 2.45) is 14.1 Å². The molecule has 0 N–H and O–H groups in total. The van der Waals surface area contributed by atoms with Crippen molar-refractivity contribution in [2.75, 3.05) is 0 Å². The molecule has 0 amide bonds. The average molecular weight is 303 g/mol. The monoisotopic (exact) mass is 302 g/mol. The van der Waals surface area contributed by atoms with Crippen LogP contribution in [-0.4, -0.2) is 19.1 Å². The van der Waals surface area contributed by atoms with E-state index in [4.69, 9.17) is 11.6 Å². The Bertz CT molecular complexity index is 958. The Hall–Kier alpha value is -2.47. The number of aryl methyl sites for hydroxylation is 1. The van der Waals surface area contributed by atoms with Crippen molar-refractivity contribution in [1.82, 2.24) is 19.1 Å². The minimum atomic E-state index is -0.462. The van der Waals surface area contributed by atoms with E-state index in [2.05, 4.69) is 9.97 Å². The normalized spacial score (nSPS) is 11.0. The van der Waals surface area contributed by atoms with Gasteiger partial charge in [-0.1, -0.05) is 23.7 Å². The fraction of sp³-hybridized carbons (Fsp3) is 0.143. The molecule has 21 heavy (non-hydrogen) atoms. The van der Waals surface area contributed by atoms with Gasteiger partial charge in [0.1, 0.15) is 0 Å². The molecular formula is C14H11ClN4O2. The Morgan fingerprint density at radius 2 is 1.71 bits per heavy atom. The molecule has 6 nitrogen and oxygen atoms in total. The van der Waals surface area contributed by atoms with Crippen LogP contribution in [0.4, 0.5) is 0 Å². The van der Waals surface area contributed by atoms with E-state index in [1.807, 2.05) is 0 Å². The molecular weight excluding hydrogens is 292 g/mol. The van der Waals surface area contributed by atoms with Gasteiger partial charge in [-0.15, -0.1) is 0 Å². The van der Waals surface area contributed by atoms with Gasteiger partial charge >= 0.3 is 5.69 Å². The highest BCUT2D eigenvalue weighted by atomic mass is 35.5.